The molecule has 1 atom stereocenters. The molecule has 1 unspecified atom stereocenters. The lowest BCUT2D eigenvalue weighted by Gasteiger charge is -2.30. The minimum Gasteiger partial charge on any atom is -0.388 e. The van der Waals surface area contributed by atoms with E-state index in [-0.39, 0.29) is 5.82 Å². The quantitative estimate of drug-likeness (QED) is 0.851. The Bertz CT molecular complexity index is 461. The van der Waals surface area contributed by atoms with Gasteiger partial charge in [-0.05, 0) is 25.1 Å². The smallest absolute Gasteiger partial charge is 0.133 e. The van der Waals surface area contributed by atoms with Gasteiger partial charge in [-0.15, -0.1) is 11.8 Å². The zero-order valence-corrected chi connectivity index (χ0v) is 10.8. The van der Waals surface area contributed by atoms with Crippen LogP contribution in [-0.4, -0.2) is 18.6 Å². The van der Waals surface area contributed by atoms with E-state index >= 15 is 0 Å². The third-order valence-electron chi connectivity index (χ3n) is 2.85. The van der Waals surface area contributed by atoms with Gasteiger partial charge >= 0.3 is 0 Å². The van der Waals surface area contributed by atoms with Crippen LogP contribution in [0, 0.1) is 5.82 Å². The summed E-state index contributed by atoms with van der Waals surface area (Å²) in [5, 5.41) is 3.01. The fraction of sp³-hybridized carbons (Fsp3) is 0.417. The van der Waals surface area contributed by atoms with Gasteiger partial charge in [0.1, 0.15) is 10.7 Å². The zero-order valence-electron chi connectivity index (χ0n) is 9.96. The van der Waals surface area contributed by atoms with Crippen LogP contribution in [0.3, 0.4) is 0 Å². The second kappa shape index (κ2) is 4.56. The summed E-state index contributed by atoms with van der Waals surface area (Å²) in [6.45, 7) is 1.90. The summed E-state index contributed by atoms with van der Waals surface area (Å²) in [7, 11) is 1.81. The number of hydrogen-bond acceptors (Lipinski definition) is 4. The van der Waals surface area contributed by atoms with Crippen molar-refractivity contribution < 1.29 is 4.39 Å². The predicted molar refractivity (Wildman–Crippen MR) is 72.0 cm³/mol. The minimum absolute atomic E-state index is 0.238. The van der Waals surface area contributed by atoms with Crippen LogP contribution < -0.4 is 11.1 Å². The van der Waals surface area contributed by atoms with Crippen molar-refractivity contribution in [3.05, 3.63) is 29.6 Å². The molecule has 1 aliphatic rings. The van der Waals surface area contributed by atoms with Crippen LogP contribution in [0.1, 0.15) is 18.9 Å². The number of hydrogen-bond donors (Lipinski definition) is 2. The first-order valence-corrected chi connectivity index (χ1v) is 6.49. The number of halogens is 1. The molecule has 2 rings (SSSR count). The number of amidine groups is 1. The first-order chi connectivity index (χ1) is 8.05. The van der Waals surface area contributed by atoms with E-state index in [4.69, 9.17) is 5.73 Å². The fourth-order valence-corrected chi connectivity index (χ4v) is 3.09. The Morgan fingerprint density at radius 2 is 2.29 bits per heavy atom. The van der Waals surface area contributed by atoms with Crippen molar-refractivity contribution in [3.63, 3.8) is 0 Å². The predicted octanol–water partition coefficient (Wildman–Crippen LogP) is 2.53. The van der Waals surface area contributed by atoms with Crippen molar-refractivity contribution in [2.75, 3.05) is 18.1 Å². The maximum absolute atomic E-state index is 13.9. The van der Waals surface area contributed by atoms with Crippen LogP contribution in [0.15, 0.2) is 23.2 Å². The molecule has 3 N–H and O–H groups in total. The lowest BCUT2D eigenvalue weighted by molar-refractivity contribution is 0.578. The van der Waals surface area contributed by atoms with Gasteiger partial charge in [-0.3, -0.25) is 4.99 Å². The summed E-state index contributed by atoms with van der Waals surface area (Å²) in [5.41, 5.74) is 7.22. The largest absolute Gasteiger partial charge is 0.388 e. The Morgan fingerprint density at radius 3 is 2.94 bits per heavy atom. The highest BCUT2D eigenvalue weighted by Crippen LogP contribution is 2.42. The molecule has 0 aliphatic carbocycles. The summed E-state index contributed by atoms with van der Waals surface area (Å²) < 4.78 is 13.9. The van der Waals surface area contributed by atoms with Gasteiger partial charge in [-0.1, -0.05) is 0 Å². The van der Waals surface area contributed by atoms with E-state index in [0.29, 0.717) is 11.4 Å². The van der Waals surface area contributed by atoms with E-state index in [9.17, 15) is 4.39 Å². The first-order valence-electron chi connectivity index (χ1n) is 5.51. The average molecular weight is 253 g/mol. The highest BCUT2D eigenvalue weighted by Gasteiger charge is 2.32. The van der Waals surface area contributed by atoms with Gasteiger partial charge in [0.2, 0.25) is 0 Å². The Labute approximate surface area is 105 Å². The van der Waals surface area contributed by atoms with E-state index in [1.807, 2.05) is 14.0 Å². The highest BCUT2D eigenvalue weighted by atomic mass is 32.2. The van der Waals surface area contributed by atoms with Crippen molar-refractivity contribution in [2.24, 2.45) is 10.7 Å². The molecule has 0 bridgehead atoms. The molecule has 5 heteroatoms. The van der Waals surface area contributed by atoms with E-state index in [0.717, 1.165) is 17.9 Å². The van der Waals surface area contributed by atoms with Crippen molar-refractivity contribution in [3.8, 4) is 0 Å². The third-order valence-corrected chi connectivity index (χ3v) is 4.13. The van der Waals surface area contributed by atoms with Gasteiger partial charge in [0, 0.05) is 30.5 Å². The number of thioether (sulfide) groups is 1. The minimum atomic E-state index is -0.612. The number of nitrogens with zero attached hydrogens (tertiary/aromatic N) is 1. The van der Waals surface area contributed by atoms with Crippen LogP contribution >= 0.6 is 11.8 Å². The summed E-state index contributed by atoms with van der Waals surface area (Å²) in [6.07, 6.45) is 0.771. The molecule has 1 aromatic carbocycles. The van der Waals surface area contributed by atoms with Crippen LogP contribution in [0.2, 0.25) is 0 Å². The summed E-state index contributed by atoms with van der Waals surface area (Å²) >= 11 is 1.62. The van der Waals surface area contributed by atoms with Gasteiger partial charge < -0.3 is 11.1 Å². The molecule has 17 heavy (non-hydrogen) atoms. The Kier molecular flexibility index (Phi) is 3.28. The van der Waals surface area contributed by atoms with Crippen LogP contribution in [0.25, 0.3) is 0 Å². The summed E-state index contributed by atoms with van der Waals surface area (Å²) in [5.74, 6) is 1.23. The lowest BCUT2D eigenvalue weighted by Crippen LogP contribution is -2.28. The first kappa shape index (κ1) is 12.2. The van der Waals surface area contributed by atoms with Gasteiger partial charge in [0.15, 0.2) is 0 Å². The second-order valence-corrected chi connectivity index (χ2v) is 5.62. The maximum atomic E-state index is 13.9. The Hall–Kier alpha value is -1.23. The molecule has 0 saturated carbocycles. The van der Waals surface area contributed by atoms with Crippen LogP contribution in [-0.2, 0) is 4.87 Å². The number of rotatable bonds is 2. The number of nitrogens with one attached hydrogen (secondary N) is 1. The molecule has 0 amide bonds. The van der Waals surface area contributed by atoms with Gasteiger partial charge in [0.05, 0.1) is 5.84 Å². The molecule has 3 nitrogen and oxygen atoms in total. The van der Waals surface area contributed by atoms with Gasteiger partial charge in [0.25, 0.3) is 0 Å². The number of nitrogens with two attached hydrogens (primary N) is 1. The SMILES string of the molecule is CNc1ccc(F)c(C2(C)N=C(N)CCS2)c1. The number of anilines is 1. The standard InChI is InChI=1S/C12H16FN3S/c1-12(16-11(14)5-6-17-12)9-7-8(15-2)3-4-10(9)13/h3-4,7,15H,5-6H2,1-2H3,(H2,14,16). The average Bonchev–Trinajstić information content (AvgIpc) is 2.29. The van der Waals surface area contributed by atoms with Crippen molar-refractivity contribution >= 4 is 23.3 Å². The van der Waals surface area contributed by atoms with E-state index in [2.05, 4.69) is 10.3 Å². The molecule has 0 saturated heterocycles. The third kappa shape index (κ3) is 2.39. The summed E-state index contributed by atoms with van der Waals surface area (Å²) in [4.78, 5) is 3.80. The molecule has 0 spiro atoms. The van der Waals surface area contributed by atoms with Crippen LogP contribution in [0.4, 0.5) is 10.1 Å². The molecule has 1 aromatic rings. The normalized spacial score (nSPS) is 24.3. The Morgan fingerprint density at radius 1 is 1.53 bits per heavy atom. The summed E-state index contributed by atoms with van der Waals surface area (Å²) in [6, 6.07) is 4.97. The number of benzene rings is 1. The molecule has 1 aliphatic heterocycles. The van der Waals surface area contributed by atoms with Crippen molar-refractivity contribution in [1.29, 1.82) is 0 Å². The fourth-order valence-electron chi connectivity index (χ4n) is 1.89. The topological polar surface area (TPSA) is 50.4 Å². The van der Waals surface area contributed by atoms with E-state index in [1.165, 1.54) is 6.07 Å². The van der Waals surface area contributed by atoms with Crippen molar-refractivity contribution in [1.82, 2.24) is 0 Å². The van der Waals surface area contributed by atoms with E-state index < -0.39 is 4.87 Å². The Balaban J connectivity index is 2.48. The van der Waals surface area contributed by atoms with Crippen LogP contribution in [0.5, 0.6) is 0 Å². The molecular weight excluding hydrogens is 237 g/mol. The van der Waals surface area contributed by atoms with Gasteiger partial charge in [-0.25, -0.2) is 4.39 Å². The second-order valence-electron chi connectivity index (χ2n) is 4.13. The molecule has 1 heterocycles. The maximum Gasteiger partial charge on any atom is 0.133 e. The van der Waals surface area contributed by atoms with Gasteiger partial charge in [-0.2, -0.15) is 0 Å². The monoisotopic (exact) mass is 253 g/mol. The zero-order chi connectivity index (χ0) is 12.5. The molecule has 0 radical (unpaired) electrons. The molecule has 0 aromatic heterocycles. The van der Waals surface area contributed by atoms with Crippen molar-refractivity contribution in [2.45, 2.75) is 18.2 Å². The lowest BCUT2D eigenvalue weighted by atomic mass is 10.1. The molecule has 0 fully saturated rings. The highest BCUT2D eigenvalue weighted by molar-refractivity contribution is 8.00. The molecular formula is C12H16FN3S. The molecule has 92 valence electrons. The number of aliphatic imine (C=N–C) groups is 1. The van der Waals surface area contributed by atoms with E-state index in [1.54, 1.807) is 23.9 Å².